The molecule has 1 amide bonds. The number of carbonyl (C=O) groups excluding carboxylic acids is 1. The van der Waals surface area contributed by atoms with Gasteiger partial charge in [-0.3, -0.25) is 4.79 Å². The molecule has 0 aromatic heterocycles. The minimum absolute atomic E-state index is 0.253. The molecular weight excluding hydrogens is 843 g/mol. The molecule has 8 atom stereocenters. The number of aliphatic hydroxyl groups is 6. The van der Waals surface area contributed by atoms with Crippen molar-refractivity contribution in [2.24, 2.45) is 0 Å². The molecule has 1 aliphatic heterocycles. The topological polar surface area (TPSA) is 169 Å². The smallest absolute Gasteiger partial charge is 0.220 e. The predicted molar refractivity (Wildman–Crippen MR) is 278 cm³/mol. The van der Waals surface area contributed by atoms with Gasteiger partial charge in [0.2, 0.25) is 5.91 Å². The highest BCUT2D eigenvalue weighted by Gasteiger charge is 2.44. The lowest BCUT2D eigenvalue weighted by molar-refractivity contribution is -0.303. The monoisotopic (exact) mass is 956 g/mol. The first-order valence-electron chi connectivity index (χ1n) is 29.3. The van der Waals surface area contributed by atoms with Crippen molar-refractivity contribution in [3.8, 4) is 0 Å². The summed E-state index contributed by atoms with van der Waals surface area (Å²) in [5.74, 6) is -0.253. The van der Waals surface area contributed by atoms with Gasteiger partial charge in [0.15, 0.2) is 6.29 Å². The lowest BCUT2D eigenvalue weighted by Crippen LogP contribution is -2.60. The van der Waals surface area contributed by atoms with Crippen LogP contribution in [0.5, 0.6) is 0 Å². The zero-order valence-corrected chi connectivity index (χ0v) is 44.1. The first kappa shape index (κ1) is 64.2. The number of hydrogen-bond donors (Lipinski definition) is 7. The minimum Gasteiger partial charge on any atom is -0.394 e. The Labute approximate surface area is 413 Å². The molecule has 0 aromatic carbocycles. The summed E-state index contributed by atoms with van der Waals surface area (Å²) in [6.45, 7) is 3.60. The lowest BCUT2D eigenvalue weighted by atomic mass is 9.98. The molecule has 0 aromatic rings. The van der Waals surface area contributed by atoms with E-state index in [2.05, 4.69) is 19.2 Å². The van der Waals surface area contributed by atoms with Gasteiger partial charge in [0.1, 0.15) is 30.5 Å². The molecule has 1 saturated heterocycles. The standard InChI is InChI=1S/C57H113NO9/c1-3-5-7-9-11-13-14-15-16-17-18-19-20-21-22-23-24-25-26-27-28-29-30-31-32-33-34-35-36-37-38-40-42-44-46-52(61)58-49(48-66-57-56(65)55(64)54(63)51(47-59)67-57)53(62)50(60)45-43-41-39-12-10-8-6-4-2/h49-51,53-57,59-60,62-65H,3-48H2,1-2H3,(H,58,61)/t49-,50+,51+,53-,54-,55?,56?,57+/m0/s1. The molecule has 0 saturated carbocycles. The molecule has 1 heterocycles. The number of carbonyl (C=O) groups is 1. The minimum atomic E-state index is -1.60. The molecule has 10 heteroatoms. The van der Waals surface area contributed by atoms with Gasteiger partial charge >= 0.3 is 0 Å². The van der Waals surface area contributed by atoms with E-state index in [1.165, 1.54) is 225 Å². The van der Waals surface area contributed by atoms with E-state index >= 15 is 0 Å². The van der Waals surface area contributed by atoms with Gasteiger partial charge in [0, 0.05) is 6.42 Å². The van der Waals surface area contributed by atoms with E-state index in [1.54, 1.807) is 0 Å². The summed E-state index contributed by atoms with van der Waals surface area (Å²) in [7, 11) is 0. The maximum atomic E-state index is 13.0. The van der Waals surface area contributed by atoms with Crippen molar-refractivity contribution in [3.05, 3.63) is 0 Å². The van der Waals surface area contributed by atoms with Crippen molar-refractivity contribution in [1.82, 2.24) is 5.32 Å². The Balaban J connectivity index is 2.05. The SMILES string of the molecule is CCCCCCCCCCCCCCCCCCCCCCCCCCCCCCCCCCCCC(=O)N[C@@H](CO[C@@H]1O[C@H](CO)[C@H](O)C(O)C1O)[C@H](O)[C@H](O)CCCCCCCCCC. The Kier molecular flexibility index (Phi) is 45.5. The molecule has 1 aliphatic rings. The highest BCUT2D eigenvalue weighted by atomic mass is 16.7. The average molecular weight is 957 g/mol. The van der Waals surface area contributed by atoms with Crippen molar-refractivity contribution < 1.29 is 44.9 Å². The van der Waals surface area contributed by atoms with E-state index < -0.39 is 55.6 Å². The zero-order valence-electron chi connectivity index (χ0n) is 44.1. The third kappa shape index (κ3) is 36.7. The van der Waals surface area contributed by atoms with Crippen LogP contribution < -0.4 is 5.32 Å². The van der Waals surface area contributed by atoms with Crippen LogP contribution in [0.3, 0.4) is 0 Å². The van der Waals surface area contributed by atoms with Crippen molar-refractivity contribution in [1.29, 1.82) is 0 Å². The van der Waals surface area contributed by atoms with Crippen molar-refractivity contribution in [2.75, 3.05) is 13.2 Å². The normalized spacial score (nSPS) is 20.0. The number of aliphatic hydroxyl groups excluding tert-OH is 6. The zero-order chi connectivity index (χ0) is 48.8. The van der Waals surface area contributed by atoms with Crippen LogP contribution in [0.15, 0.2) is 0 Å². The van der Waals surface area contributed by atoms with Crippen LogP contribution in [0.25, 0.3) is 0 Å². The van der Waals surface area contributed by atoms with Gasteiger partial charge in [-0.1, -0.05) is 277 Å². The fourth-order valence-corrected chi connectivity index (χ4v) is 9.85. The third-order valence-electron chi connectivity index (χ3n) is 14.6. The summed E-state index contributed by atoms with van der Waals surface area (Å²) < 4.78 is 11.2. The fraction of sp³-hybridized carbons (Fsp3) is 0.982. The average Bonchev–Trinajstić information content (AvgIpc) is 3.33. The first-order valence-corrected chi connectivity index (χ1v) is 29.3. The van der Waals surface area contributed by atoms with Crippen LogP contribution in [0.4, 0.5) is 0 Å². The van der Waals surface area contributed by atoms with Crippen LogP contribution in [0, 0.1) is 0 Å². The summed E-state index contributed by atoms with van der Waals surface area (Å²) in [6, 6.07) is -0.984. The largest absolute Gasteiger partial charge is 0.394 e. The molecule has 67 heavy (non-hydrogen) atoms. The quantitative estimate of drug-likeness (QED) is 0.0293. The summed E-state index contributed by atoms with van der Waals surface area (Å²) in [4.78, 5) is 13.0. The Hall–Kier alpha value is -0.850. The molecule has 400 valence electrons. The van der Waals surface area contributed by atoms with Crippen molar-refractivity contribution in [3.63, 3.8) is 0 Å². The van der Waals surface area contributed by atoms with Gasteiger partial charge in [0.25, 0.3) is 0 Å². The number of hydrogen-bond acceptors (Lipinski definition) is 9. The van der Waals surface area contributed by atoms with Crippen molar-refractivity contribution >= 4 is 5.91 Å². The van der Waals surface area contributed by atoms with Crippen LogP contribution in [-0.2, 0) is 14.3 Å². The Bertz CT molecular complexity index is 1040. The second kappa shape index (κ2) is 47.5. The van der Waals surface area contributed by atoms with E-state index in [9.17, 15) is 35.4 Å². The number of amides is 1. The molecule has 2 unspecified atom stereocenters. The Morgan fingerprint density at radius 1 is 0.463 bits per heavy atom. The van der Waals surface area contributed by atoms with E-state index in [0.717, 1.165) is 44.9 Å². The van der Waals surface area contributed by atoms with Crippen LogP contribution >= 0.6 is 0 Å². The molecule has 1 fully saturated rings. The summed E-state index contributed by atoms with van der Waals surface area (Å²) in [5, 5.41) is 65.1. The van der Waals surface area contributed by atoms with E-state index in [1.807, 2.05) is 0 Å². The summed E-state index contributed by atoms with van der Waals surface area (Å²) >= 11 is 0. The molecule has 7 N–H and O–H groups in total. The summed E-state index contributed by atoms with van der Waals surface area (Å²) in [6.07, 6.45) is 46.1. The molecule has 0 spiro atoms. The molecule has 0 bridgehead atoms. The van der Waals surface area contributed by atoms with E-state index in [4.69, 9.17) is 9.47 Å². The van der Waals surface area contributed by atoms with Crippen LogP contribution in [0.2, 0.25) is 0 Å². The van der Waals surface area contributed by atoms with Gasteiger partial charge in [-0.15, -0.1) is 0 Å². The number of unbranched alkanes of at least 4 members (excludes halogenated alkanes) is 40. The second-order valence-electron chi connectivity index (χ2n) is 20.9. The molecular formula is C57H113NO9. The fourth-order valence-electron chi connectivity index (χ4n) is 9.85. The van der Waals surface area contributed by atoms with Gasteiger partial charge < -0.3 is 45.4 Å². The molecule has 0 radical (unpaired) electrons. The van der Waals surface area contributed by atoms with Gasteiger partial charge in [-0.05, 0) is 12.8 Å². The highest BCUT2D eigenvalue weighted by Crippen LogP contribution is 2.24. The lowest BCUT2D eigenvalue weighted by Gasteiger charge is -2.40. The second-order valence-corrected chi connectivity index (χ2v) is 20.9. The number of rotatable bonds is 51. The Morgan fingerprint density at radius 2 is 0.776 bits per heavy atom. The van der Waals surface area contributed by atoms with Crippen LogP contribution in [-0.4, -0.2) is 98.7 Å². The number of ether oxygens (including phenoxy) is 2. The third-order valence-corrected chi connectivity index (χ3v) is 14.6. The van der Waals surface area contributed by atoms with E-state index in [-0.39, 0.29) is 18.9 Å². The van der Waals surface area contributed by atoms with Crippen molar-refractivity contribution in [2.45, 2.75) is 345 Å². The van der Waals surface area contributed by atoms with Gasteiger partial charge in [0.05, 0.1) is 25.4 Å². The number of nitrogens with one attached hydrogen (secondary N) is 1. The molecule has 10 nitrogen and oxygen atoms in total. The molecule has 0 aliphatic carbocycles. The Morgan fingerprint density at radius 3 is 1.10 bits per heavy atom. The summed E-state index contributed by atoms with van der Waals surface area (Å²) in [5.41, 5.74) is 0. The van der Waals surface area contributed by atoms with Gasteiger partial charge in [-0.25, -0.2) is 0 Å². The predicted octanol–water partition coefficient (Wildman–Crippen LogP) is 13.2. The van der Waals surface area contributed by atoms with E-state index in [0.29, 0.717) is 6.42 Å². The van der Waals surface area contributed by atoms with Crippen LogP contribution in [0.1, 0.15) is 296 Å². The first-order chi connectivity index (χ1) is 32.8. The highest BCUT2D eigenvalue weighted by molar-refractivity contribution is 5.76. The molecule has 1 rings (SSSR count). The van der Waals surface area contributed by atoms with Gasteiger partial charge in [-0.2, -0.15) is 0 Å². The maximum Gasteiger partial charge on any atom is 0.220 e. The maximum absolute atomic E-state index is 13.0.